The first-order valence-corrected chi connectivity index (χ1v) is 4.42. The summed E-state index contributed by atoms with van der Waals surface area (Å²) in [5, 5.41) is 13.8. The second kappa shape index (κ2) is 3.57. The normalized spacial score (nSPS) is 10.2. The Morgan fingerprint density at radius 2 is 2.00 bits per heavy atom. The molecule has 0 bridgehead atoms. The molecule has 1 aromatic heterocycles. The van der Waals surface area contributed by atoms with Crippen molar-refractivity contribution in [2.75, 3.05) is 0 Å². The molecule has 0 spiro atoms. The fourth-order valence-corrected chi connectivity index (χ4v) is 1.23. The summed E-state index contributed by atoms with van der Waals surface area (Å²) in [6.07, 6.45) is 0. The molecule has 0 atom stereocenters. The van der Waals surface area contributed by atoms with E-state index in [2.05, 4.69) is 5.16 Å². The van der Waals surface area contributed by atoms with Crippen LogP contribution in [0, 0.1) is 6.92 Å². The third-order valence-electron chi connectivity index (χ3n) is 2.06. The third kappa shape index (κ3) is 1.88. The van der Waals surface area contributed by atoms with Gasteiger partial charge in [-0.05, 0) is 6.92 Å². The average Bonchev–Trinajstić information content (AvgIpc) is 2.68. The van der Waals surface area contributed by atoms with Crippen molar-refractivity contribution in [3.05, 3.63) is 41.6 Å². The Bertz CT molecular complexity index is 485. The van der Waals surface area contributed by atoms with Crippen LogP contribution in [-0.4, -0.2) is 11.1 Å². The quantitative estimate of drug-likeness (QED) is 0.729. The van der Waals surface area contributed by atoms with Gasteiger partial charge in [-0.25, -0.2) is 0 Å². The molecule has 0 radical (unpaired) electrons. The first-order valence-electron chi connectivity index (χ1n) is 4.42. The summed E-state index contributed by atoms with van der Waals surface area (Å²) in [5.74, 6) is -0.911. The van der Waals surface area contributed by atoms with Gasteiger partial charge in [0.15, 0.2) is 5.76 Å². The molecule has 0 aliphatic rings. The van der Waals surface area contributed by atoms with Crippen LogP contribution < -0.4 is 5.11 Å². The van der Waals surface area contributed by atoms with E-state index in [4.69, 9.17) is 4.52 Å². The minimum atomic E-state index is -1.34. The van der Waals surface area contributed by atoms with Crippen LogP contribution in [0.25, 0.3) is 11.3 Å². The van der Waals surface area contributed by atoms with Gasteiger partial charge < -0.3 is 14.4 Å². The Kier molecular flexibility index (Phi) is 2.25. The minimum absolute atomic E-state index is 0.189. The fraction of sp³-hybridized carbons (Fsp3) is 0.0909. The topological polar surface area (TPSA) is 66.2 Å². The van der Waals surface area contributed by atoms with Crippen LogP contribution in [0.5, 0.6) is 0 Å². The van der Waals surface area contributed by atoms with Gasteiger partial charge in [0, 0.05) is 11.6 Å². The van der Waals surface area contributed by atoms with E-state index < -0.39 is 5.97 Å². The molecule has 0 saturated heterocycles. The van der Waals surface area contributed by atoms with E-state index >= 15 is 0 Å². The van der Waals surface area contributed by atoms with Gasteiger partial charge in [-0.3, -0.25) is 0 Å². The van der Waals surface area contributed by atoms with Crippen LogP contribution in [0.15, 0.2) is 34.9 Å². The summed E-state index contributed by atoms with van der Waals surface area (Å²) < 4.78 is 4.88. The summed E-state index contributed by atoms with van der Waals surface area (Å²) in [6, 6.07) is 8.86. The van der Waals surface area contributed by atoms with Crippen molar-refractivity contribution in [3.63, 3.8) is 0 Å². The van der Waals surface area contributed by atoms with Crippen LogP contribution in [0.4, 0.5) is 0 Å². The zero-order chi connectivity index (χ0) is 10.8. The van der Waals surface area contributed by atoms with E-state index in [0.717, 1.165) is 11.1 Å². The monoisotopic (exact) mass is 202 g/mol. The van der Waals surface area contributed by atoms with Crippen molar-refractivity contribution in [1.29, 1.82) is 0 Å². The number of rotatable bonds is 2. The molecule has 0 fully saturated rings. The molecular formula is C11H8NO3-. The lowest BCUT2D eigenvalue weighted by molar-refractivity contribution is -0.255. The molecule has 0 unspecified atom stereocenters. The summed E-state index contributed by atoms with van der Waals surface area (Å²) in [5.41, 5.74) is 1.73. The lowest BCUT2D eigenvalue weighted by atomic mass is 10.1. The highest BCUT2D eigenvalue weighted by molar-refractivity contribution is 5.84. The predicted octanol–water partition coefficient (Wildman–Crippen LogP) is 1.01. The van der Waals surface area contributed by atoms with Gasteiger partial charge in [-0.1, -0.05) is 35.0 Å². The molecule has 4 nitrogen and oxygen atoms in total. The van der Waals surface area contributed by atoms with Crippen molar-refractivity contribution in [2.45, 2.75) is 6.92 Å². The number of hydrogen-bond acceptors (Lipinski definition) is 4. The number of hydrogen-bond donors (Lipinski definition) is 0. The van der Waals surface area contributed by atoms with Crippen LogP contribution in [0.2, 0.25) is 0 Å². The molecule has 76 valence electrons. The van der Waals surface area contributed by atoms with E-state index in [1.807, 2.05) is 31.2 Å². The Balaban J connectivity index is 2.37. The largest absolute Gasteiger partial charge is 0.543 e. The molecule has 0 amide bonds. The molecule has 2 aromatic rings. The highest BCUT2D eigenvalue weighted by Gasteiger charge is 2.06. The Morgan fingerprint density at radius 3 is 2.53 bits per heavy atom. The van der Waals surface area contributed by atoms with Gasteiger partial charge in [0.1, 0.15) is 5.69 Å². The van der Waals surface area contributed by atoms with E-state index in [1.165, 1.54) is 6.07 Å². The lowest BCUT2D eigenvalue weighted by Crippen LogP contribution is -2.22. The van der Waals surface area contributed by atoms with Crippen molar-refractivity contribution in [3.8, 4) is 11.3 Å². The van der Waals surface area contributed by atoms with Gasteiger partial charge >= 0.3 is 0 Å². The number of carboxylic acids is 1. The maximum Gasteiger partial charge on any atom is 0.167 e. The molecule has 0 aliphatic carbocycles. The highest BCUT2D eigenvalue weighted by Crippen LogP contribution is 2.20. The number of nitrogens with zero attached hydrogens (tertiary/aromatic N) is 1. The third-order valence-corrected chi connectivity index (χ3v) is 2.06. The fourth-order valence-electron chi connectivity index (χ4n) is 1.23. The lowest BCUT2D eigenvalue weighted by Gasteiger charge is -1.95. The highest BCUT2D eigenvalue weighted by atomic mass is 16.5. The van der Waals surface area contributed by atoms with Gasteiger partial charge in [-0.2, -0.15) is 0 Å². The number of carboxylic acid groups (broad SMARTS) is 1. The summed E-state index contributed by atoms with van der Waals surface area (Å²) in [4.78, 5) is 10.5. The number of aromatic nitrogens is 1. The van der Waals surface area contributed by atoms with Gasteiger partial charge in [-0.15, -0.1) is 0 Å². The number of aromatic carboxylic acids is 1. The van der Waals surface area contributed by atoms with Gasteiger partial charge in [0.05, 0.1) is 5.97 Å². The molecule has 2 rings (SSSR count). The van der Waals surface area contributed by atoms with E-state index in [9.17, 15) is 9.90 Å². The zero-order valence-electron chi connectivity index (χ0n) is 8.06. The van der Waals surface area contributed by atoms with Crippen LogP contribution in [0.3, 0.4) is 0 Å². The van der Waals surface area contributed by atoms with E-state index in [-0.39, 0.29) is 5.69 Å². The molecule has 0 N–H and O–H groups in total. The average molecular weight is 202 g/mol. The Labute approximate surface area is 86.1 Å². The van der Waals surface area contributed by atoms with Crippen molar-refractivity contribution in [1.82, 2.24) is 5.16 Å². The number of carbonyl (C=O) groups is 1. The summed E-state index contributed by atoms with van der Waals surface area (Å²) >= 11 is 0. The van der Waals surface area contributed by atoms with Gasteiger partial charge in [0.2, 0.25) is 0 Å². The molecule has 4 heteroatoms. The van der Waals surface area contributed by atoms with Gasteiger partial charge in [0.25, 0.3) is 0 Å². The molecular weight excluding hydrogens is 194 g/mol. The first-order chi connectivity index (χ1) is 7.16. The molecule has 0 aliphatic heterocycles. The molecule has 1 aromatic carbocycles. The smallest absolute Gasteiger partial charge is 0.167 e. The predicted molar refractivity (Wildman–Crippen MR) is 51.0 cm³/mol. The summed E-state index contributed by atoms with van der Waals surface area (Å²) in [6.45, 7) is 1.97. The second-order valence-corrected chi connectivity index (χ2v) is 3.23. The SMILES string of the molecule is Cc1ccc(-c2cc(C(=O)[O-])no2)cc1. The van der Waals surface area contributed by atoms with E-state index in [1.54, 1.807) is 0 Å². The van der Waals surface area contributed by atoms with E-state index in [0.29, 0.717) is 5.76 Å². The number of carbonyl (C=O) groups excluding carboxylic acids is 1. The van der Waals surface area contributed by atoms with Crippen LogP contribution in [0.1, 0.15) is 16.1 Å². The van der Waals surface area contributed by atoms with Crippen molar-refractivity contribution < 1.29 is 14.4 Å². The maximum atomic E-state index is 10.5. The molecule has 0 saturated carbocycles. The molecule has 15 heavy (non-hydrogen) atoms. The maximum absolute atomic E-state index is 10.5. The minimum Gasteiger partial charge on any atom is -0.543 e. The molecule has 1 heterocycles. The van der Waals surface area contributed by atoms with Crippen LogP contribution >= 0.6 is 0 Å². The Morgan fingerprint density at radius 1 is 1.33 bits per heavy atom. The number of aryl methyl sites for hydroxylation is 1. The number of benzene rings is 1. The first kappa shape index (κ1) is 9.45. The van der Waals surface area contributed by atoms with Crippen molar-refractivity contribution >= 4 is 5.97 Å². The van der Waals surface area contributed by atoms with Crippen LogP contribution in [-0.2, 0) is 0 Å². The standard InChI is InChI=1S/C11H9NO3/c1-7-2-4-8(5-3-7)10-6-9(11(13)14)12-15-10/h2-6H,1H3,(H,13,14)/p-1. The zero-order valence-corrected chi connectivity index (χ0v) is 8.06. The second-order valence-electron chi connectivity index (χ2n) is 3.23. The van der Waals surface area contributed by atoms with Crippen molar-refractivity contribution in [2.24, 2.45) is 0 Å². The summed E-state index contributed by atoms with van der Waals surface area (Å²) in [7, 11) is 0. The Hall–Kier alpha value is -2.10.